The van der Waals surface area contributed by atoms with Crippen LogP contribution in [0.4, 0.5) is 0 Å². The van der Waals surface area contributed by atoms with Crippen molar-refractivity contribution in [3.8, 4) is 0 Å². The van der Waals surface area contributed by atoms with Crippen molar-refractivity contribution in [2.24, 2.45) is 0 Å². The van der Waals surface area contributed by atoms with E-state index in [0.29, 0.717) is 0 Å². The SMILES string of the molecule is C[CH](C)[Ge]([CH3])[CH3]. The fourth-order valence-corrected chi connectivity index (χ4v) is 0. The summed E-state index contributed by atoms with van der Waals surface area (Å²) in [6.07, 6.45) is 0. The van der Waals surface area contributed by atoms with Crippen LogP contribution in [0.2, 0.25) is 16.3 Å². The molecule has 0 aliphatic rings. The van der Waals surface area contributed by atoms with Crippen molar-refractivity contribution in [1.82, 2.24) is 0 Å². The molecule has 0 heterocycles. The molecule has 0 spiro atoms. The summed E-state index contributed by atoms with van der Waals surface area (Å²) in [6, 6.07) is 0. The van der Waals surface area contributed by atoms with Crippen molar-refractivity contribution in [2.45, 2.75) is 30.1 Å². The van der Waals surface area contributed by atoms with Gasteiger partial charge in [-0.2, -0.15) is 0 Å². The van der Waals surface area contributed by atoms with Crippen molar-refractivity contribution in [3.63, 3.8) is 0 Å². The summed E-state index contributed by atoms with van der Waals surface area (Å²) in [5, 5.41) is 0. The van der Waals surface area contributed by atoms with Gasteiger partial charge in [-0.15, -0.1) is 0 Å². The van der Waals surface area contributed by atoms with Crippen LogP contribution in [-0.2, 0) is 0 Å². The molecule has 0 bridgehead atoms. The first-order chi connectivity index (χ1) is 2.64. The van der Waals surface area contributed by atoms with E-state index in [1.165, 1.54) is 0 Å². The van der Waals surface area contributed by atoms with E-state index in [0.717, 1.165) is 4.75 Å². The Morgan fingerprint density at radius 2 is 1.33 bits per heavy atom. The van der Waals surface area contributed by atoms with Crippen LogP contribution in [0.1, 0.15) is 13.8 Å². The molecule has 0 saturated carbocycles. The van der Waals surface area contributed by atoms with Crippen molar-refractivity contribution in [2.75, 3.05) is 0 Å². The second-order valence-electron chi connectivity index (χ2n) is 2.23. The van der Waals surface area contributed by atoms with Crippen LogP contribution in [-0.4, -0.2) is 14.3 Å². The van der Waals surface area contributed by atoms with E-state index >= 15 is 0 Å². The molecule has 0 atom stereocenters. The standard InChI is InChI=1S/C5H13Ge/c1-5(2)6(3)4/h5H,1-4H3. The molecule has 1 radical (unpaired) electrons. The molecule has 0 aromatic rings. The van der Waals surface area contributed by atoms with Crippen LogP contribution in [0.25, 0.3) is 0 Å². The summed E-state index contributed by atoms with van der Waals surface area (Å²) in [5.74, 6) is 4.81. The van der Waals surface area contributed by atoms with E-state index in [1.54, 1.807) is 0 Å². The fourth-order valence-electron chi connectivity index (χ4n) is 0. The van der Waals surface area contributed by atoms with Gasteiger partial charge >= 0.3 is 44.5 Å². The third kappa shape index (κ3) is 2.76. The second kappa shape index (κ2) is 2.67. The van der Waals surface area contributed by atoms with Crippen molar-refractivity contribution >= 4 is 14.3 Å². The predicted molar refractivity (Wildman–Crippen MR) is 32.6 cm³/mol. The molecule has 0 aliphatic heterocycles. The average molecular weight is 146 g/mol. The molecular formula is C5H13Ge. The Bertz CT molecular complexity index is 24.9. The van der Waals surface area contributed by atoms with Crippen LogP contribution in [0.15, 0.2) is 0 Å². The van der Waals surface area contributed by atoms with E-state index in [1.807, 2.05) is 0 Å². The van der Waals surface area contributed by atoms with Gasteiger partial charge in [-0.05, 0) is 0 Å². The van der Waals surface area contributed by atoms with Crippen LogP contribution in [0, 0.1) is 0 Å². The fraction of sp³-hybridized carbons (Fsp3) is 1.00. The van der Waals surface area contributed by atoms with Crippen LogP contribution >= 0.6 is 0 Å². The summed E-state index contributed by atoms with van der Waals surface area (Å²) < 4.78 is 1.02. The van der Waals surface area contributed by atoms with E-state index in [4.69, 9.17) is 0 Å². The molecule has 0 rings (SSSR count). The zero-order valence-electron chi connectivity index (χ0n) is 5.08. The van der Waals surface area contributed by atoms with Gasteiger partial charge < -0.3 is 0 Å². The third-order valence-corrected chi connectivity index (χ3v) is 6.00. The summed E-state index contributed by atoms with van der Waals surface area (Å²) in [6.45, 7) is 4.63. The van der Waals surface area contributed by atoms with Gasteiger partial charge in [0.1, 0.15) is 0 Å². The maximum atomic E-state index is 2.41. The molecule has 0 amide bonds. The quantitative estimate of drug-likeness (QED) is 0.497. The number of rotatable bonds is 1. The van der Waals surface area contributed by atoms with Gasteiger partial charge in [0.2, 0.25) is 0 Å². The minimum atomic E-state index is -0.463. The molecule has 0 aliphatic carbocycles. The van der Waals surface area contributed by atoms with Gasteiger partial charge in [-0.1, -0.05) is 0 Å². The van der Waals surface area contributed by atoms with Crippen LogP contribution in [0.5, 0.6) is 0 Å². The molecule has 0 fully saturated rings. The summed E-state index contributed by atoms with van der Waals surface area (Å²) in [5.41, 5.74) is 0. The summed E-state index contributed by atoms with van der Waals surface area (Å²) in [7, 11) is 0. The topological polar surface area (TPSA) is 0 Å². The van der Waals surface area contributed by atoms with E-state index in [9.17, 15) is 0 Å². The van der Waals surface area contributed by atoms with Gasteiger partial charge in [-0.25, -0.2) is 0 Å². The molecule has 0 aromatic carbocycles. The zero-order valence-corrected chi connectivity index (χ0v) is 7.18. The maximum absolute atomic E-state index is 2.41. The predicted octanol–water partition coefficient (Wildman–Crippen LogP) is 2.15. The molecule has 6 heavy (non-hydrogen) atoms. The number of hydrogen-bond acceptors (Lipinski definition) is 0. The normalized spacial score (nSPS) is 11.0. The van der Waals surface area contributed by atoms with Gasteiger partial charge in [0.25, 0.3) is 0 Å². The van der Waals surface area contributed by atoms with E-state index in [-0.39, 0.29) is 0 Å². The van der Waals surface area contributed by atoms with Crippen molar-refractivity contribution in [3.05, 3.63) is 0 Å². The molecule has 0 aromatic heterocycles. The molecule has 37 valence electrons. The van der Waals surface area contributed by atoms with Crippen molar-refractivity contribution in [1.29, 1.82) is 0 Å². The zero-order chi connectivity index (χ0) is 5.15. The van der Waals surface area contributed by atoms with Gasteiger partial charge in [-0.3, -0.25) is 0 Å². The molecule has 1 heteroatoms. The molecule has 0 unspecified atom stereocenters. The monoisotopic (exact) mass is 147 g/mol. The van der Waals surface area contributed by atoms with Crippen molar-refractivity contribution < 1.29 is 0 Å². The number of hydrogen-bond donors (Lipinski definition) is 0. The first-order valence-electron chi connectivity index (χ1n) is 2.44. The minimum absolute atomic E-state index is 0.463. The Kier molecular flexibility index (Phi) is 2.91. The first-order valence-corrected chi connectivity index (χ1v) is 7.85. The molecular weight excluding hydrogens is 133 g/mol. The Labute approximate surface area is 45.0 Å². The van der Waals surface area contributed by atoms with Gasteiger partial charge in [0.15, 0.2) is 0 Å². The van der Waals surface area contributed by atoms with Crippen LogP contribution in [0.3, 0.4) is 0 Å². The van der Waals surface area contributed by atoms with Gasteiger partial charge in [0, 0.05) is 0 Å². The Morgan fingerprint density at radius 3 is 1.33 bits per heavy atom. The molecule has 0 N–H and O–H groups in total. The van der Waals surface area contributed by atoms with E-state index < -0.39 is 14.3 Å². The summed E-state index contributed by atoms with van der Waals surface area (Å²) in [4.78, 5) is 0. The Morgan fingerprint density at radius 1 is 1.17 bits per heavy atom. The Hall–Kier alpha value is 0.543. The van der Waals surface area contributed by atoms with Gasteiger partial charge in [0.05, 0.1) is 0 Å². The first kappa shape index (κ1) is 6.54. The Balaban J connectivity index is 2.99. The average Bonchev–Trinajstić information content (AvgIpc) is 1.36. The second-order valence-corrected chi connectivity index (χ2v) is 9.18. The van der Waals surface area contributed by atoms with E-state index in [2.05, 4.69) is 25.4 Å². The summed E-state index contributed by atoms with van der Waals surface area (Å²) >= 11 is -0.463. The molecule has 0 nitrogen and oxygen atoms in total. The molecule has 0 saturated heterocycles. The third-order valence-electron chi connectivity index (χ3n) is 1.15. The van der Waals surface area contributed by atoms with Crippen LogP contribution < -0.4 is 0 Å².